The van der Waals surface area contributed by atoms with Crippen LogP contribution < -0.4 is 0 Å². The lowest BCUT2D eigenvalue weighted by Gasteiger charge is -2.13. The first-order valence-electron chi connectivity index (χ1n) is 7.27. The summed E-state index contributed by atoms with van der Waals surface area (Å²) < 4.78 is 10.8. The molecule has 1 fully saturated rings. The lowest BCUT2D eigenvalue weighted by molar-refractivity contribution is 0.0756. The van der Waals surface area contributed by atoms with E-state index in [-0.39, 0.29) is 11.8 Å². The molecule has 1 aliphatic rings. The van der Waals surface area contributed by atoms with Crippen LogP contribution in [0.1, 0.15) is 52.9 Å². The van der Waals surface area contributed by atoms with Crippen LogP contribution in [-0.4, -0.2) is 34.0 Å². The molecule has 0 aromatic carbocycles. The van der Waals surface area contributed by atoms with Crippen LogP contribution in [0.25, 0.3) is 0 Å². The van der Waals surface area contributed by atoms with Crippen LogP contribution in [0, 0.1) is 13.8 Å². The highest BCUT2D eigenvalue weighted by molar-refractivity contribution is 5.92. The zero-order valence-corrected chi connectivity index (χ0v) is 12.5. The summed E-state index contributed by atoms with van der Waals surface area (Å²) in [4.78, 5) is 18.5. The van der Waals surface area contributed by atoms with E-state index >= 15 is 0 Å². The Kier molecular flexibility index (Phi) is 3.53. The maximum atomic E-state index is 12.5. The molecule has 2 aromatic rings. The molecule has 0 saturated carbocycles. The van der Waals surface area contributed by atoms with Crippen molar-refractivity contribution in [2.45, 2.75) is 39.5 Å². The van der Waals surface area contributed by atoms with E-state index in [1.165, 1.54) is 0 Å². The first-order valence-corrected chi connectivity index (χ1v) is 7.27. The van der Waals surface area contributed by atoms with Gasteiger partial charge in [-0.25, -0.2) is 0 Å². The van der Waals surface area contributed by atoms with Crippen LogP contribution >= 0.6 is 0 Å². The zero-order valence-electron chi connectivity index (χ0n) is 12.5. The Balaban J connectivity index is 1.71. The Morgan fingerprint density at radius 2 is 2.29 bits per heavy atom. The van der Waals surface area contributed by atoms with Crippen LogP contribution in [0.2, 0.25) is 0 Å². The molecule has 1 amide bonds. The van der Waals surface area contributed by atoms with Crippen molar-refractivity contribution in [1.29, 1.82) is 0 Å². The number of carbonyl (C=O) groups is 1. The molecule has 3 rings (SSSR count). The molecular formula is C15H19N3O3. The number of hydrogen-bond acceptors (Lipinski definition) is 5. The summed E-state index contributed by atoms with van der Waals surface area (Å²) in [6.45, 7) is 7.06. The predicted molar refractivity (Wildman–Crippen MR) is 75.1 cm³/mol. The molecule has 1 saturated heterocycles. The van der Waals surface area contributed by atoms with Gasteiger partial charge in [0, 0.05) is 19.5 Å². The van der Waals surface area contributed by atoms with Gasteiger partial charge in [0.1, 0.15) is 5.76 Å². The molecule has 6 heteroatoms. The first kappa shape index (κ1) is 13.9. The zero-order chi connectivity index (χ0) is 15.0. The van der Waals surface area contributed by atoms with Crippen molar-refractivity contribution in [2.75, 3.05) is 13.1 Å². The number of likely N-dealkylation sites (tertiary alicyclic amines) is 1. The van der Waals surface area contributed by atoms with Gasteiger partial charge < -0.3 is 13.8 Å². The molecule has 1 atom stereocenters. The Morgan fingerprint density at radius 3 is 2.90 bits per heavy atom. The normalized spacial score (nSPS) is 18.4. The number of aromatic nitrogens is 2. The third kappa shape index (κ3) is 2.57. The smallest absolute Gasteiger partial charge is 0.289 e. The minimum atomic E-state index is -0.0588. The van der Waals surface area contributed by atoms with Crippen molar-refractivity contribution < 1.29 is 13.7 Å². The van der Waals surface area contributed by atoms with Gasteiger partial charge in [0.2, 0.25) is 5.89 Å². The average Bonchev–Trinajstić information content (AvgIpc) is 3.16. The number of rotatable bonds is 3. The molecule has 0 aliphatic carbocycles. The summed E-state index contributed by atoms with van der Waals surface area (Å²) >= 11 is 0. The monoisotopic (exact) mass is 289 g/mol. The first-order chi connectivity index (χ1) is 10.1. The minimum absolute atomic E-state index is 0.0588. The number of carbonyl (C=O) groups excluding carboxylic acids is 1. The summed E-state index contributed by atoms with van der Waals surface area (Å²) in [7, 11) is 0. The quantitative estimate of drug-likeness (QED) is 0.868. The van der Waals surface area contributed by atoms with Crippen LogP contribution in [-0.2, 0) is 6.42 Å². The molecule has 1 aliphatic heterocycles. The molecule has 6 nitrogen and oxygen atoms in total. The van der Waals surface area contributed by atoms with E-state index in [1.807, 2.05) is 19.9 Å². The Labute approximate surface area is 123 Å². The molecule has 0 spiro atoms. The van der Waals surface area contributed by atoms with Crippen LogP contribution in [0.3, 0.4) is 0 Å². The van der Waals surface area contributed by atoms with E-state index < -0.39 is 0 Å². The van der Waals surface area contributed by atoms with Gasteiger partial charge in [-0.1, -0.05) is 12.1 Å². The summed E-state index contributed by atoms with van der Waals surface area (Å²) in [5.41, 5.74) is 1.03. The van der Waals surface area contributed by atoms with Crippen molar-refractivity contribution in [3.8, 4) is 0 Å². The summed E-state index contributed by atoms with van der Waals surface area (Å²) in [6, 6.07) is 1.82. The summed E-state index contributed by atoms with van der Waals surface area (Å²) in [5, 5.41) is 3.81. The summed E-state index contributed by atoms with van der Waals surface area (Å²) in [6.07, 6.45) is 1.64. The minimum Gasteiger partial charge on any atom is -0.456 e. The van der Waals surface area contributed by atoms with Crippen LogP contribution in [0.4, 0.5) is 0 Å². The molecule has 0 radical (unpaired) electrons. The lowest BCUT2D eigenvalue weighted by atomic mass is 10.1. The van der Waals surface area contributed by atoms with Crippen molar-refractivity contribution in [1.82, 2.24) is 15.0 Å². The van der Waals surface area contributed by atoms with Crippen molar-refractivity contribution >= 4 is 5.91 Å². The molecule has 3 heterocycles. The van der Waals surface area contributed by atoms with E-state index in [0.717, 1.165) is 24.2 Å². The fourth-order valence-electron chi connectivity index (χ4n) is 2.76. The SMILES string of the molecule is CCc1oc(C(=O)N2CC[C@@H](c3nc(C)no3)C2)cc1C. The second-order valence-electron chi connectivity index (χ2n) is 5.49. The highest BCUT2D eigenvalue weighted by atomic mass is 16.5. The second kappa shape index (κ2) is 5.35. The van der Waals surface area contributed by atoms with E-state index in [9.17, 15) is 4.79 Å². The summed E-state index contributed by atoms with van der Waals surface area (Å²) in [5.74, 6) is 2.61. The third-order valence-electron chi connectivity index (χ3n) is 3.92. The third-order valence-corrected chi connectivity index (χ3v) is 3.92. The van der Waals surface area contributed by atoms with Crippen molar-refractivity contribution in [2.24, 2.45) is 0 Å². The van der Waals surface area contributed by atoms with Crippen LogP contribution in [0.5, 0.6) is 0 Å². The van der Waals surface area contributed by atoms with E-state index in [4.69, 9.17) is 8.94 Å². The number of amides is 1. The molecule has 0 unspecified atom stereocenters. The molecule has 112 valence electrons. The molecular weight excluding hydrogens is 270 g/mol. The fourth-order valence-corrected chi connectivity index (χ4v) is 2.76. The van der Waals surface area contributed by atoms with Gasteiger partial charge in [0.15, 0.2) is 11.6 Å². The standard InChI is InChI=1S/C15H19N3O3/c1-4-12-9(2)7-13(20-12)15(19)18-6-5-11(8-18)14-16-10(3)17-21-14/h7,11H,4-6,8H2,1-3H3/t11-/m1/s1. The molecule has 2 aromatic heterocycles. The lowest BCUT2D eigenvalue weighted by Crippen LogP contribution is -2.28. The van der Waals surface area contributed by atoms with Crippen LogP contribution in [0.15, 0.2) is 15.0 Å². The van der Waals surface area contributed by atoms with Gasteiger partial charge in [-0.2, -0.15) is 4.98 Å². The van der Waals surface area contributed by atoms with Crippen molar-refractivity contribution in [3.05, 3.63) is 34.9 Å². The van der Waals surface area contributed by atoms with Gasteiger partial charge >= 0.3 is 0 Å². The highest BCUT2D eigenvalue weighted by Crippen LogP contribution is 2.27. The maximum absolute atomic E-state index is 12.5. The number of nitrogens with zero attached hydrogens (tertiary/aromatic N) is 3. The fraction of sp³-hybridized carbons (Fsp3) is 0.533. The van der Waals surface area contributed by atoms with E-state index in [1.54, 1.807) is 11.8 Å². The molecule has 0 bridgehead atoms. The number of aryl methyl sites for hydroxylation is 3. The molecule has 21 heavy (non-hydrogen) atoms. The Morgan fingerprint density at radius 1 is 1.48 bits per heavy atom. The van der Waals surface area contributed by atoms with Gasteiger partial charge in [-0.3, -0.25) is 4.79 Å². The van der Waals surface area contributed by atoms with Gasteiger partial charge in [0.25, 0.3) is 5.91 Å². The largest absolute Gasteiger partial charge is 0.456 e. The van der Waals surface area contributed by atoms with E-state index in [2.05, 4.69) is 10.1 Å². The predicted octanol–water partition coefficient (Wildman–Crippen LogP) is 2.47. The topological polar surface area (TPSA) is 72.4 Å². The van der Waals surface area contributed by atoms with Gasteiger partial charge in [-0.15, -0.1) is 0 Å². The number of furan rings is 1. The number of hydrogen-bond donors (Lipinski definition) is 0. The van der Waals surface area contributed by atoms with Gasteiger partial charge in [-0.05, 0) is 31.9 Å². The maximum Gasteiger partial charge on any atom is 0.289 e. The Hall–Kier alpha value is -2.11. The highest BCUT2D eigenvalue weighted by Gasteiger charge is 2.32. The van der Waals surface area contributed by atoms with Crippen molar-refractivity contribution in [3.63, 3.8) is 0 Å². The Bertz CT molecular complexity index is 659. The van der Waals surface area contributed by atoms with Gasteiger partial charge in [0.05, 0.1) is 5.92 Å². The van der Waals surface area contributed by atoms with E-state index in [0.29, 0.717) is 30.6 Å². The average molecular weight is 289 g/mol. The second-order valence-corrected chi connectivity index (χ2v) is 5.49. The molecule has 0 N–H and O–H groups in total.